The van der Waals surface area contributed by atoms with Crippen molar-refractivity contribution >= 4 is 44.6 Å². The summed E-state index contributed by atoms with van der Waals surface area (Å²) in [6, 6.07) is 8.11. The van der Waals surface area contributed by atoms with Gasteiger partial charge in [0.1, 0.15) is 12.1 Å². The fourth-order valence-electron chi connectivity index (χ4n) is 3.95. The van der Waals surface area contributed by atoms with E-state index in [1.54, 1.807) is 6.26 Å². The molecule has 4 aromatic rings. The van der Waals surface area contributed by atoms with Crippen molar-refractivity contribution in [1.82, 2.24) is 29.6 Å². The normalized spacial score (nSPS) is 13.3. The van der Waals surface area contributed by atoms with Crippen LogP contribution in [0, 0.1) is 0 Å². The Balaban J connectivity index is 1.43. The van der Waals surface area contributed by atoms with Crippen molar-refractivity contribution in [3.8, 4) is 11.3 Å². The Hall–Kier alpha value is -3.17. The maximum absolute atomic E-state index is 11.0. The predicted molar refractivity (Wildman–Crippen MR) is 134 cm³/mol. The lowest BCUT2D eigenvalue weighted by atomic mass is 10.1. The Morgan fingerprint density at radius 2 is 2.11 bits per heavy atom. The second-order valence-electron chi connectivity index (χ2n) is 7.93. The number of hydrogen-bond donors (Lipinski definition) is 5. The van der Waals surface area contributed by atoms with Crippen molar-refractivity contribution in [1.29, 1.82) is 0 Å². The van der Waals surface area contributed by atoms with Crippen LogP contribution >= 0.6 is 11.8 Å². The molecule has 0 spiro atoms. The number of rotatable bonds is 10. The van der Waals surface area contributed by atoms with E-state index in [9.17, 15) is 8.42 Å². The third kappa shape index (κ3) is 5.26. The Labute approximate surface area is 206 Å². The second-order valence-corrected chi connectivity index (χ2v) is 10.3. The summed E-state index contributed by atoms with van der Waals surface area (Å²) in [5.41, 5.74) is 10.6. The molecule has 0 unspecified atom stereocenters. The molecule has 14 heteroatoms. The minimum Gasteiger partial charge on any atom is -0.464 e. The van der Waals surface area contributed by atoms with Crippen molar-refractivity contribution in [3.63, 3.8) is 0 Å². The maximum atomic E-state index is 11.0. The molecule has 0 fully saturated rings. The molecule has 0 saturated carbocycles. The zero-order valence-corrected chi connectivity index (χ0v) is 20.3. The van der Waals surface area contributed by atoms with Crippen molar-refractivity contribution in [2.45, 2.75) is 23.0 Å². The molecule has 0 bridgehead atoms. The van der Waals surface area contributed by atoms with Crippen LogP contribution < -0.4 is 26.2 Å². The molecule has 1 aliphatic heterocycles. The molecular formula is C21H25N9O3S2. The number of anilines is 2. The summed E-state index contributed by atoms with van der Waals surface area (Å²) < 4.78 is 32.0. The number of nitrogen functional groups attached to an aromatic ring is 1. The average Bonchev–Trinajstić information content (AvgIpc) is 3.56. The van der Waals surface area contributed by atoms with E-state index in [0.29, 0.717) is 41.8 Å². The Morgan fingerprint density at radius 3 is 2.91 bits per heavy atom. The fraction of sp³-hybridized carbons (Fsp3) is 0.286. The van der Waals surface area contributed by atoms with Crippen molar-refractivity contribution in [2.75, 3.05) is 37.2 Å². The highest BCUT2D eigenvalue weighted by Gasteiger charge is 2.21. The molecule has 1 aliphatic rings. The Morgan fingerprint density at radius 1 is 1.23 bits per heavy atom. The number of aromatic nitrogens is 4. The van der Waals surface area contributed by atoms with Crippen molar-refractivity contribution in [3.05, 3.63) is 42.4 Å². The topological polar surface area (TPSA) is 179 Å². The number of imidazole rings is 1. The third-order valence-electron chi connectivity index (χ3n) is 5.55. The minimum absolute atomic E-state index is 0.189. The highest BCUT2D eigenvalue weighted by molar-refractivity contribution is 7.99. The first-order valence-corrected chi connectivity index (χ1v) is 13.3. The first-order valence-electron chi connectivity index (χ1n) is 11.0. The lowest BCUT2D eigenvalue weighted by Gasteiger charge is -2.13. The Kier molecular flexibility index (Phi) is 6.62. The van der Waals surface area contributed by atoms with E-state index >= 15 is 0 Å². The van der Waals surface area contributed by atoms with E-state index in [4.69, 9.17) is 20.3 Å². The van der Waals surface area contributed by atoms with Crippen LogP contribution in [0.4, 0.5) is 11.5 Å². The number of benzene rings is 1. The van der Waals surface area contributed by atoms with Gasteiger partial charge in [-0.2, -0.15) is 8.42 Å². The zero-order valence-electron chi connectivity index (χ0n) is 18.7. The lowest BCUT2D eigenvalue weighted by Crippen LogP contribution is -2.36. The van der Waals surface area contributed by atoms with Crippen LogP contribution in [0.25, 0.3) is 22.5 Å². The van der Waals surface area contributed by atoms with Gasteiger partial charge in [0.05, 0.1) is 6.26 Å². The van der Waals surface area contributed by atoms with Crippen LogP contribution in [0.5, 0.6) is 0 Å². The highest BCUT2D eigenvalue weighted by Crippen LogP contribution is 2.41. The van der Waals surface area contributed by atoms with E-state index < -0.39 is 10.2 Å². The van der Waals surface area contributed by atoms with Gasteiger partial charge in [-0.15, -0.1) is 0 Å². The third-order valence-corrected chi connectivity index (χ3v) is 7.20. The summed E-state index contributed by atoms with van der Waals surface area (Å²) in [4.78, 5) is 14.2. The summed E-state index contributed by atoms with van der Waals surface area (Å²) in [7, 11) is -3.71. The van der Waals surface area contributed by atoms with Crippen LogP contribution in [0.1, 0.15) is 5.56 Å². The molecule has 7 N–H and O–H groups in total. The van der Waals surface area contributed by atoms with Crippen molar-refractivity contribution in [2.24, 2.45) is 5.14 Å². The summed E-state index contributed by atoms with van der Waals surface area (Å²) >= 11 is 1.50. The predicted octanol–water partition coefficient (Wildman–Crippen LogP) is 1.17. The standard InChI is InChI=1S/C21H25N9O3S2/c22-19-18-20(27-12-26-19)30(8-7-24-5-6-28-35(23,31)32)21(29-18)34-17-11-15-13(3-4-25-15)10-14(17)16-2-1-9-33-16/h1-2,9-12,24-25,28H,3-8H2,(H2,22,26,27)(H2,23,31,32). The largest absolute Gasteiger partial charge is 0.464 e. The van der Waals surface area contributed by atoms with Gasteiger partial charge in [0.15, 0.2) is 22.1 Å². The molecule has 12 nitrogen and oxygen atoms in total. The maximum Gasteiger partial charge on any atom is 0.274 e. The molecule has 0 amide bonds. The average molecular weight is 516 g/mol. The summed E-state index contributed by atoms with van der Waals surface area (Å²) in [5, 5.41) is 12.3. The fourth-order valence-corrected chi connectivity index (χ4v) is 5.40. The number of nitrogens with one attached hydrogen (secondary N) is 3. The van der Waals surface area contributed by atoms with Crippen LogP contribution in [-0.2, 0) is 23.2 Å². The van der Waals surface area contributed by atoms with E-state index in [2.05, 4.69) is 37.5 Å². The molecule has 35 heavy (non-hydrogen) atoms. The summed E-state index contributed by atoms with van der Waals surface area (Å²) in [5.74, 6) is 1.09. The van der Waals surface area contributed by atoms with Gasteiger partial charge in [0.2, 0.25) is 0 Å². The zero-order chi connectivity index (χ0) is 24.4. The number of hydrogen-bond acceptors (Lipinski definition) is 10. The smallest absolute Gasteiger partial charge is 0.274 e. The molecule has 1 aromatic carbocycles. The molecule has 3 aromatic heterocycles. The first kappa shape index (κ1) is 23.6. The Bertz CT molecular complexity index is 1450. The highest BCUT2D eigenvalue weighted by atomic mass is 32.2. The molecule has 0 saturated heterocycles. The minimum atomic E-state index is -3.71. The number of fused-ring (bicyclic) bond motifs is 2. The number of furan rings is 1. The molecule has 5 rings (SSSR count). The van der Waals surface area contributed by atoms with E-state index in [0.717, 1.165) is 34.9 Å². The van der Waals surface area contributed by atoms with Gasteiger partial charge in [-0.1, -0.05) is 11.8 Å². The van der Waals surface area contributed by atoms with Gasteiger partial charge in [-0.25, -0.2) is 24.8 Å². The van der Waals surface area contributed by atoms with Gasteiger partial charge in [0, 0.05) is 48.9 Å². The monoisotopic (exact) mass is 515 g/mol. The summed E-state index contributed by atoms with van der Waals surface area (Å²) in [6.07, 6.45) is 4.04. The van der Waals surface area contributed by atoms with Crippen LogP contribution in [-0.4, -0.2) is 54.1 Å². The van der Waals surface area contributed by atoms with Gasteiger partial charge in [0.25, 0.3) is 10.2 Å². The van der Waals surface area contributed by atoms with Crippen LogP contribution in [0.15, 0.2) is 51.3 Å². The van der Waals surface area contributed by atoms with Gasteiger partial charge in [-0.3, -0.25) is 0 Å². The molecule has 0 aliphatic carbocycles. The van der Waals surface area contributed by atoms with Crippen LogP contribution in [0.3, 0.4) is 0 Å². The van der Waals surface area contributed by atoms with Crippen molar-refractivity contribution < 1.29 is 12.8 Å². The molecule has 0 radical (unpaired) electrons. The molecular weight excluding hydrogens is 490 g/mol. The van der Waals surface area contributed by atoms with Gasteiger partial charge in [-0.05, 0) is 36.2 Å². The van der Waals surface area contributed by atoms with Gasteiger partial charge < -0.3 is 25.4 Å². The van der Waals surface area contributed by atoms with E-state index in [1.807, 2.05) is 16.7 Å². The molecule has 4 heterocycles. The quantitative estimate of drug-likeness (QED) is 0.192. The summed E-state index contributed by atoms with van der Waals surface area (Å²) in [6.45, 7) is 2.59. The first-order chi connectivity index (χ1) is 16.9. The molecule has 184 valence electrons. The number of nitrogens with zero attached hydrogens (tertiary/aromatic N) is 4. The van der Waals surface area contributed by atoms with E-state index in [1.165, 1.54) is 23.7 Å². The molecule has 0 atom stereocenters. The number of nitrogens with two attached hydrogens (primary N) is 2. The van der Waals surface area contributed by atoms with E-state index in [-0.39, 0.29) is 6.54 Å². The SMILES string of the molecule is Nc1ncnc2c1nc(Sc1cc3c(cc1-c1ccco1)CCN3)n2CCNCCNS(N)(=O)=O. The van der Waals surface area contributed by atoms with Gasteiger partial charge >= 0.3 is 0 Å². The van der Waals surface area contributed by atoms with Crippen LogP contribution in [0.2, 0.25) is 0 Å². The lowest BCUT2D eigenvalue weighted by molar-refractivity contribution is 0.559. The second kappa shape index (κ2) is 9.83.